The minimum atomic E-state index is -0.0606. The molecule has 2 saturated carbocycles. The highest BCUT2D eigenvalue weighted by Gasteiger charge is 2.38. The molecule has 4 rings (SSSR count). The standard InChI is InChI=1S/C18H23N3O3/c1-11-9-14(11)16-7-5-13(24-16)10-21(12-3-4-12)18(23)15-6-8-17(22)20(2)19-15/h5,7,11-12,14H,3-4,6,8-10H2,1-2H3. The van der Waals surface area contributed by atoms with E-state index in [1.165, 1.54) is 11.4 Å². The van der Waals surface area contributed by atoms with E-state index in [2.05, 4.69) is 12.0 Å². The summed E-state index contributed by atoms with van der Waals surface area (Å²) in [6.45, 7) is 2.72. The van der Waals surface area contributed by atoms with Crippen molar-refractivity contribution in [3.05, 3.63) is 23.7 Å². The second kappa shape index (κ2) is 5.76. The zero-order valence-corrected chi connectivity index (χ0v) is 14.2. The molecule has 1 aromatic heterocycles. The van der Waals surface area contributed by atoms with Gasteiger partial charge in [0.1, 0.15) is 17.2 Å². The van der Waals surface area contributed by atoms with E-state index in [0.29, 0.717) is 36.9 Å². The lowest BCUT2D eigenvalue weighted by Crippen LogP contribution is -2.41. The number of carbonyl (C=O) groups is 2. The Bertz CT molecular complexity index is 704. The zero-order valence-electron chi connectivity index (χ0n) is 14.2. The Kier molecular flexibility index (Phi) is 3.70. The number of furan rings is 1. The van der Waals surface area contributed by atoms with Crippen LogP contribution in [-0.4, -0.2) is 40.5 Å². The maximum absolute atomic E-state index is 12.9. The van der Waals surface area contributed by atoms with Gasteiger partial charge in [0.15, 0.2) is 0 Å². The van der Waals surface area contributed by atoms with Gasteiger partial charge in [-0.3, -0.25) is 9.59 Å². The minimum absolute atomic E-state index is 0.0428. The van der Waals surface area contributed by atoms with Gasteiger partial charge in [0.25, 0.3) is 5.91 Å². The molecule has 2 fully saturated rings. The van der Waals surface area contributed by atoms with Crippen LogP contribution in [0.2, 0.25) is 0 Å². The van der Waals surface area contributed by atoms with E-state index in [4.69, 9.17) is 4.42 Å². The van der Waals surface area contributed by atoms with E-state index in [1.54, 1.807) is 7.05 Å². The van der Waals surface area contributed by atoms with Gasteiger partial charge < -0.3 is 9.32 Å². The summed E-state index contributed by atoms with van der Waals surface area (Å²) in [5, 5.41) is 5.45. The first-order valence-electron chi connectivity index (χ1n) is 8.76. The normalized spacial score (nSPS) is 26.3. The van der Waals surface area contributed by atoms with Gasteiger partial charge in [-0.15, -0.1) is 0 Å². The number of carbonyl (C=O) groups excluding carboxylic acids is 2. The zero-order chi connectivity index (χ0) is 16.8. The number of amides is 2. The highest BCUT2D eigenvalue weighted by Crippen LogP contribution is 2.47. The van der Waals surface area contributed by atoms with Crippen molar-refractivity contribution in [3.63, 3.8) is 0 Å². The highest BCUT2D eigenvalue weighted by molar-refractivity contribution is 6.39. The molecule has 0 bridgehead atoms. The van der Waals surface area contributed by atoms with Gasteiger partial charge in [-0.2, -0.15) is 5.10 Å². The lowest BCUT2D eigenvalue weighted by molar-refractivity contribution is -0.131. The third-order valence-electron chi connectivity index (χ3n) is 5.19. The second-order valence-corrected chi connectivity index (χ2v) is 7.25. The minimum Gasteiger partial charge on any atom is -0.464 e. The Morgan fingerprint density at radius 2 is 2.12 bits per heavy atom. The predicted molar refractivity (Wildman–Crippen MR) is 88.2 cm³/mol. The van der Waals surface area contributed by atoms with Gasteiger partial charge in [0.05, 0.1) is 6.54 Å². The van der Waals surface area contributed by atoms with Crippen molar-refractivity contribution < 1.29 is 14.0 Å². The van der Waals surface area contributed by atoms with E-state index in [9.17, 15) is 9.59 Å². The maximum Gasteiger partial charge on any atom is 0.270 e. The van der Waals surface area contributed by atoms with Crippen molar-refractivity contribution in [1.82, 2.24) is 9.91 Å². The van der Waals surface area contributed by atoms with Crippen molar-refractivity contribution >= 4 is 17.5 Å². The molecule has 3 aliphatic rings. The van der Waals surface area contributed by atoms with Crippen LogP contribution < -0.4 is 0 Å². The SMILES string of the molecule is CC1CC1c1ccc(CN(C(=O)C2=NN(C)C(=O)CC2)C2CC2)o1. The number of hydrogen-bond donors (Lipinski definition) is 0. The first kappa shape index (κ1) is 15.4. The fraction of sp³-hybridized carbons (Fsp3) is 0.611. The van der Waals surface area contributed by atoms with Crippen LogP contribution in [0.15, 0.2) is 21.7 Å². The van der Waals surface area contributed by atoms with E-state index in [0.717, 1.165) is 24.4 Å². The molecule has 6 nitrogen and oxygen atoms in total. The fourth-order valence-electron chi connectivity index (χ4n) is 3.31. The molecular weight excluding hydrogens is 306 g/mol. The molecule has 2 unspecified atom stereocenters. The lowest BCUT2D eigenvalue weighted by atomic mass is 10.1. The molecule has 1 aliphatic heterocycles. The molecule has 2 heterocycles. The molecule has 0 radical (unpaired) electrons. The molecule has 6 heteroatoms. The summed E-state index contributed by atoms with van der Waals surface area (Å²) in [6, 6.07) is 4.31. The second-order valence-electron chi connectivity index (χ2n) is 7.25. The molecule has 1 aromatic rings. The number of rotatable bonds is 5. The third kappa shape index (κ3) is 2.97. The van der Waals surface area contributed by atoms with Crippen molar-refractivity contribution in [2.24, 2.45) is 11.0 Å². The first-order chi connectivity index (χ1) is 11.5. The van der Waals surface area contributed by atoms with Gasteiger partial charge in [0, 0.05) is 31.8 Å². The predicted octanol–water partition coefficient (Wildman–Crippen LogP) is 2.50. The number of hydrazone groups is 1. The molecule has 0 aromatic carbocycles. The summed E-state index contributed by atoms with van der Waals surface area (Å²) in [4.78, 5) is 26.3. The van der Waals surface area contributed by atoms with Gasteiger partial charge >= 0.3 is 0 Å². The topological polar surface area (TPSA) is 66.1 Å². The highest BCUT2D eigenvalue weighted by atomic mass is 16.3. The monoisotopic (exact) mass is 329 g/mol. The molecule has 24 heavy (non-hydrogen) atoms. The van der Waals surface area contributed by atoms with Crippen LogP contribution in [-0.2, 0) is 16.1 Å². The Labute approximate surface area is 141 Å². The van der Waals surface area contributed by atoms with Crippen LogP contribution in [0.25, 0.3) is 0 Å². The molecule has 2 aliphatic carbocycles. The van der Waals surface area contributed by atoms with Crippen LogP contribution in [0.5, 0.6) is 0 Å². The Balaban J connectivity index is 1.48. The Morgan fingerprint density at radius 3 is 2.75 bits per heavy atom. The molecule has 0 spiro atoms. The van der Waals surface area contributed by atoms with Crippen LogP contribution in [0.1, 0.15) is 56.5 Å². The van der Waals surface area contributed by atoms with Crippen molar-refractivity contribution in [3.8, 4) is 0 Å². The average Bonchev–Trinajstić information content (AvgIpc) is 3.48. The Hall–Kier alpha value is -2.11. The summed E-state index contributed by atoms with van der Waals surface area (Å²) in [7, 11) is 1.60. The largest absolute Gasteiger partial charge is 0.464 e. The smallest absolute Gasteiger partial charge is 0.270 e. The van der Waals surface area contributed by atoms with Crippen molar-refractivity contribution in [2.75, 3.05) is 7.05 Å². The van der Waals surface area contributed by atoms with Gasteiger partial charge in [0.2, 0.25) is 5.91 Å². The van der Waals surface area contributed by atoms with Crippen LogP contribution in [0, 0.1) is 5.92 Å². The molecule has 2 atom stereocenters. The molecular formula is C18H23N3O3. The maximum atomic E-state index is 12.9. The number of nitrogens with zero attached hydrogens (tertiary/aromatic N) is 3. The van der Waals surface area contributed by atoms with E-state index >= 15 is 0 Å². The summed E-state index contributed by atoms with van der Waals surface area (Å²) >= 11 is 0. The van der Waals surface area contributed by atoms with Crippen molar-refractivity contribution in [2.45, 2.75) is 57.5 Å². The molecule has 0 N–H and O–H groups in total. The van der Waals surface area contributed by atoms with Crippen LogP contribution in [0.3, 0.4) is 0 Å². The van der Waals surface area contributed by atoms with Gasteiger partial charge in [-0.25, -0.2) is 5.01 Å². The number of hydrogen-bond acceptors (Lipinski definition) is 4. The van der Waals surface area contributed by atoms with E-state index < -0.39 is 0 Å². The van der Waals surface area contributed by atoms with Crippen LogP contribution in [0.4, 0.5) is 0 Å². The average molecular weight is 329 g/mol. The first-order valence-corrected chi connectivity index (χ1v) is 8.76. The molecule has 0 saturated heterocycles. The Morgan fingerprint density at radius 1 is 1.38 bits per heavy atom. The van der Waals surface area contributed by atoms with E-state index in [1.807, 2.05) is 17.0 Å². The summed E-state index contributed by atoms with van der Waals surface area (Å²) in [5.74, 6) is 3.03. The summed E-state index contributed by atoms with van der Waals surface area (Å²) in [6.07, 6.45) is 4.02. The quantitative estimate of drug-likeness (QED) is 0.833. The van der Waals surface area contributed by atoms with Gasteiger partial charge in [-0.05, 0) is 37.3 Å². The third-order valence-corrected chi connectivity index (χ3v) is 5.19. The summed E-state index contributed by atoms with van der Waals surface area (Å²) < 4.78 is 5.96. The fourth-order valence-corrected chi connectivity index (χ4v) is 3.31. The summed E-state index contributed by atoms with van der Waals surface area (Å²) in [5.41, 5.74) is 0.478. The molecule has 2 amide bonds. The van der Waals surface area contributed by atoms with Gasteiger partial charge in [-0.1, -0.05) is 6.92 Å². The van der Waals surface area contributed by atoms with Crippen LogP contribution >= 0.6 is 0 Å². The van der Waals surface area contributed by atoms with Crippen molar-refractivity contribution in [1.29, 1.82) is 0 Å². The molecule has 128 valence electrons. The lowest BCUT2D eigenvalue weighted by Gasteiger charge is -2.25. The van der Waals surface area contributed by atoms with E-state index in [-0.39, 0.29) is 17.9 Å².